The molecule has 0 radical (unpaired) electrons. The summed E-state index contributed by atoms with van der Waals surface area (Å²) >= 11 is 0. The number of aromatic nitrogens is 2. The van der Waals surface area contributed by atoms with Gasteiger partial charge in [0.25, 0.3) is 11.5 Å². The van der Waals surface area contributed by atoms with Crippen LogP contribution in [0.5, 0.6) is 17.2 Å². The second kappa shape index (κ2) is 10.5. The zero-order valence-corrected chi connectivity index (χ0v) is 19.4. The monoisotopic (exact) mass is 452 g/mol. The number of amides is 1. The maximum Gasteiger partial charge on any atom is 0.280 e. The van der Waals surface area contributed by atoms with E-state index in [0.29, 0.717) is 46.2 Å². The van der Waals surface area contributed by atoms with Gasteiger partial charge >= 0.3 is 0 Å². The van der Waals surface area contributed by atoms with Gasteiger partial charge in [0.1, 0.15) is 17.2 Å². The number of benzene rings is 2. The number of methoxy groups -OCH3 is 3. The first-order valence-corrected chi connectivity index (χ1v) is 10.5. The number of hydrogen-bond donors (Lipinski definition) is 2. The fourth-order valence-corrected chi connectivity index (χ4v) is 3.39. The van der Waals surface area contributed by atoms with Crippen LogP contribution >= 0.6 is 0 Å². The van der Waals surface area contributed by atoms with Crippen molar-refractivity contribution in [2.24, 2.45) is 5.10 Å². The molecule has 9 nitrogen and oxygen atoms in total. The predicted molar refractivity (Wildman–Crippen MR) is 126 cm³/mol. The highest BCUT2D eigenvalue weighted by Gasteiger charge is 2.18. The number of ether oxygens (including phenoxy) is 3. The Kier molecular flexibility index (Phi) is 7.55. The van der Waals surface area contributed by atoms with Crippen molar-refractivity contribution in [1.29, 1.82) is 0 Å². The van der Waals surface area contributed by atoms with Gasteiger partial charge in [-0.2, -0.15) is 5.10 Å². The van der Waals surface area contributed by atoms with Gasteiger partial charge in [0.05, 0.1) is 38.3 Å². The van der Waals surface area contributed by atoms with Gasteiger partial charge in [0.15, 0.2) is 0 Å². The first-order chi connectivity index (χ1) is 15.9. The zero-order valence-electron chi connectivity index (χ0n) is 19.4. The van der Waals surface area contributed by atoms with Crippen molar-refractivity contribution in [3.05, 3.63) is 69.6 Å². The molecule has 0 aliphatic carbocycles. The Morgan fingerprint density at radius 3 is 2.15 bits per heavy atom. The lowest BCUT2D eigenvalue weighted by molar-refractivity contribution is 0.0954. The van der Waals surface area contributed by atoms with Gasteiger partial charge in [-0.25, -0.2) is 10.1 Å². The summed E-state index contributed by atoms with van der Waals surface area (Å²) in [6.45, 7) is 3.71. The summed E-state index contributed by atoms with van der Waals surface area (Å²) in [6, 6.07) is 12.0. The van der Waals surface area contributed by atoms with Crippen LogP contribution in [0.25, 0.3) is 5.69 Å². The number of nitrogens with zero attached hydrogens (tertiary/aromatic N) is 2. The molecular formula is C24H28N4O5. The third-order valence-corrected chi connectivity index (χ3v) is 5.10. The minimum Gasteiger partial charge on any atom is -0.497 e. The Balaban J connectivity index is 1.92. The predicted octanol–water partition coefficient (Wildman–Crippen LogP) is 3.30. The van der Waals surface area contributed by atoms with Gasteiger partial charge in [0, 0.05) is 17.3 Å². The highest BCUT2D eigenvalue weighted by atomic mass is 16.5. The van der Waals surface area contributed by atoms with E-state index < -0.39 is 5.91 Å². The third kappa shape index (κ3) is 5.25. The summed E-state index contributed by atoms with van der Waals surface area (Å²) in [5.41, 5.74) is 4.84. The van der Waals surface area contributed by atoms with E-state index in [9.17, 15) is 9.59 Å². The molecule has 0 aliphatic rings. The van der Waals surface area contributed by atoms with E-state index in [-0.39, 0.29) is 5.56 Å². The van der Waals surface area contributed by atoms with Crippen LogP contribution < -0.4 is 25.2 Å². The third-order valence-electron chi connectivity index (χ3n) is 5.10. The summed E-state index contributed by atoms with van der Waals surface area (Å²) in [5.74, 6) is 1.22. The Bertz CT molecular complexity index is 1190. The molecule has 2 aromatic carbocycles. The van der Waals surface area contributed by atoms with Gasteiger partial charge in [-0.15, -0.1) is 0 Å². The average Bonchev–Trinajstić information content (AvgIpc) is 3.17. The molecule has 174 valence electrons. The molecule has 0 saturated heterocycles. The molecule has 1 aromatic heterocycles. The molecule has 0 bridgehead atoms. The highest BCUT2D eigenvalue weighted by molar-refractivity contribution is 6.01. The maximum atomic E-state index is 13.2. The quantitative estimate of drug-likeness (QED) is 0.383. The molecule has 1 heterocycles. The first kappa shape index (κ1) is 23.6. The van der Waals surface area contributed by atoms with Gasteiger partial charge in [-0.05, 0) is 49.7 Å². The molecule has 0 unspecified atom stereocenters. The molecule has 2 N–H and O–H groups in total. The number of nitrogens with one attached hydrogen (secondary N) is 2. The van der Waals surface area contributed by atoms with E-state index in [4.69, 9.17) is 14.2 Å². The number of H-pyrrole nitrogens is 1. The molecule has 0 aliphatic heterocycles. The molecule has 0 fully saturated rings. The molecule has 33 heavy (non-hydrogen) atoms. The lowest BCUT2D eigenvalue weighted by Gasteiger charge is -2.08. The smallest absolute Gasteiger partial charge is 0.280 e. The Labute approximate surface area is 192 Å². The average molecular weight is 453 g/mol. The fraction of sp³-hybridized carbons (Fsp3) is 0.292. The van der Waals surface area contributed by atoms with E-state index in [2.05, 4.69) is 15.6 Å². The topological polar surface area (TPSA) is 107 Å². The zero-order chi connectivity index (χ0) is 24.0. The Morgan fingerprint density at radius 2 is 1.61 bits per heavy atom. The van der Waals surface area contributed by atoms with E-state index >= 15 is 0 Å². The van der Waals surface area contributed by atoms with Crippen LogP contribution in [0.3, 0.4) is 0 Å². The van der Waals surface area contributed by atoms with Crippen LogP contribution in [0.2, 0.25) is 0 Å². The standard InChI is InChI=1S/C24H28N4O5/c1-6-7-21-22(24(30)28(27-21)17-8-10-18(31-3)11-9-17)15(2)25-26-23(29)16-12-19(32-4)14-20(13-16)33-5/h8-14,27H,6-7H2,1-5H3,(H,26,29). The second-order valence-corrected chi connectivity index (χ2v) is 7.29. The second-order valence-electron chi connectivity index (χ2n) is 7.29. The summed E-state index contributed by atoms with van der Waals surface area (Å²) in [5, 5.41) is 7.37. The van der Waals surface area contributed by atoms with Crippen LogP contribution in [-0.2, 0) is 6.42 Å². The normalized spacial score (nSPS) is 11.2. The molecule has 0 saturated carbocycles. The van der Waals surface area contributed by atoms with Crippen LogP contribution in [0, 0.1) is 0 Å². The van der Waals surface area contributed by atoms with Gasteiger partial charge < -0.3 is 14.2 Å². The number of hydrazone groups is 1. The van der Waals surface area contributed by atoms with Crippen LogP contribution in [-0.4, -0.2) is 42.7 Å². The number of hydrogen-bond acceptors (Lipinski definition) is 6. The van der Waals surface area contributed by atoms with Gasteiger partial charge in [0.2, 0.25) is 0 Å². The molecule has 0 spiro atoms. The molecular weight excluding hydrogens is 424 g/mol. The molecule has 3 rings (SSSR count). The van der Waals surface area contributed by atoms with Crippen molar-refractivity contribution < 1.29 is 19.0 Å². The van der Waals surface area contributed by atoms with E-state index in [1.807, 2.05) is 6.92 Å². The largest absolute Gasteiger partial charge is 0.497 e. The molecule has 3 aromatic rings. The summed E-state index contributed by atoms with van der Waals surface area (Å²) in [7, 11) is 4.60. The number of rotatable bonds is 9. The fourth-order valence-electron chi connectivity index (χ4n) is 3.39. The minimum atomic E-state index is -0.449. The van der Waals surface area contributed by atoms with Crippen molar-refractivity contribution in [3.8, 4) is 22.9 Å². The Morgan fingerprint density at radius 1 is 1.00 bits per heavy atom. The van der Waals surface area contributed by atoms with Crippen LogP contribution in [0.1, 0.15) is 41.9 Å². The van der Waals surface area contributed by atoms with E-state index in [0.717, 1.165) is 12.1 Å². The summed E-state index contributed by atoms with van der Waals surface area (Å²) < 4.78 is 17.1. The molecule has 1 amide bonds. The SMILES string of the molecule is CCCc1[nH]n(-c2ccc(OC)cc2)c(=O)c1C(C)=NNC(=O)c1cc(OC)cc(OC)c1. The first-order valence-electron chi connectivity index (χ1n) is 10.5. The van der Waals surface area contributed by atoms with Crippen molar-refractivity contribution >= 4 is 11.6 Å². The lowest BCUT2D eigenvalue weighted by Crippen LogP contribution is -2.23. The summed E-state index contributed by atoms with van der Waals surface area (Å²) in [4.78, 5) is 25.9. The number of carbonyl (C=O) groups is 1. The van der Waals surface area contributed by atoms with Crippen molar-refractivity contribution in [1.82, 2.24) is 15.2 Å². The molecule has 9 heteroatoms. The number of aryl methyl sites for hydroxylation is 1. The van der Waals surface area contributed by atoms with Gasteiger partial charge in [-0.3, -0.25) is 14.7 Å². The summed E-state index contributed by atoms with van der Waals surface area (Å²) in [6.07, 6.45) is 1.49. The van der Waals surface area contributed by atoms with Crippen molar-refractivity contribution in [2.45, 2.75) is 26.7 Å². The maximum absolute atomic E-state index is 13.2. The number of aromatic amines is 1. The van der Waals surface area contributed by atoms with Crippen molar-refractivity contribution in [3.63, 3.8) is 0 Å². The van der Waals surface area contributed by atoms with Crippen LogP contribution in [0.15, 0.2) is 52.4 Å². The molecule has 0 atom stereocenters. The Hall–Kier alpha value is -4.01. The lowest BCUT2D eigenvalue weighted by atomic mass is 10.1. The highest BCUT2D eigenvalue weighted by Crippen LogP contribution is 2.22. The van der Waals surface area contributed by atoms with Gasteiger partial charge in [-0.1, -0.05) is 13.3 Å². The minimum absolute atomic E-state index is 0.248. The van der Waals surface area contributed by atoms with Crippen molar-refractivity contribution in [2.75, 3.05) is 21.3 Å². The van der Waals surface area contributed by atoms with Crippen LogP contribution in [0.4, 0.5) is 0 Å². The van der Waals surface area contributed by atoms with E-state index in [1.54, 1.807) is 56.5 Å². The van der Waals surface area contributed by atoms with E-state index in [1.165, 1.54) is 18.9 Å². The number of carbonyl (C=O) groups excluding carboxylic acids is 1.